The molecule has 0 amide bonds. The molecule has 1 N–H and O–H groups in total. The average Bonchev–Trinajstić information content (AvgIpc) is 3.09. The van der Waals surface area contributed by atoms with E-state index in [1.807, 2.05) is 18.2 Å². The maximum Gasteiger partial charge on any atom is 0.160 e. The molecule has 0 atom stereocenters. The van der Waals surface area contributed by atoms with Gasteiger partial charge in [0.25, 0.3) is 0 Å². The summed E-state index contributed by atoms with van der Waals surface area (Å²) in [4.78, 5) is 13.5. The second-order valence-electron chi connectivity index (χ2n) is 4.37. The van der Waals surface area contributed by atoms with E-state index in [-0.39, 0.29) is 12.4 Å². The van der Waals surface area contributed by atoms with E-state index in [4.69, 9.17) is 5.11 Å². The topological polar surface area (TPSA) is 40.5 Å². The number of aliphatic hydroxyl groups excluding tert-OH is 1. The molecule has 0 radical (unpaired) electrons. The average molecular weight is 298 g/mol. The van der Waals surface area contributed by atoms with Crippen LogP contribution in [0.3, 0.4) is 0 Å². The normalized spacial score (nSPS) is 14.8. The summed E-state index contributed by atoms with van der Waals surface area (Å²) < 4.78 is 0.825. The van der Waals surface area contributed by atoms with Crippen molar-refractivity contribution >= 4 is 27.4 Å². The minimum Gasteiger partial charge on any atom is -0.395 e. The van der Waals surface area contributed by atoms with Crippen molar-refractivity contribution in [3.05, 3.63) is 28.2 Å². The van der Waals surface area contributed by atoms with Gasteiger partial charge in [0, 0.05) is 28.3 Å². The minimum atomic E-state index is 0.0588. The summed E-state index contributed by atoms with van der Waals surface area (Å²) in [5, 5.41) is 9.08. The third-order valence-corrected chi connectivity index (χ3v) is 3.65. The fourth-order valence-corrected chi connectivity index (χ4v) is 2.63. The second-order valence-corrected chi connectivity index (χ2v) is 5.22. The molecule has 0 spiro atoms. The number of carbonyl (C=O) groups excluding carboxylic acids is 1. The molecule has 0 aromatic heterocycles. The van der Waals surface area contributed by atoms with Crippen LogP contribution >= 0.6 is 15.9 Å². The summed E-state index contributed by atoms with van der Waals surface area (Å²) in [6, 6.07) is 6.31. The van der Waals surface area contributed by atoms with Gasteiger partial charge >= 0.3 is 0 Å². The van der Waals surface area contributed by atoms with E-state index in [9.17, 15) is 4.79 Å². The van der Waals surface area contributed by atoms with Crippen molar-refractivity contribution in [2.24, 2.45) is 0 Å². The SMILES string of the molecule is CC(=O)c1ccc(N(CCO)C2CC2)cc1Br. The van der Waals surface area contributed by atoms with Crippen LogP contribution in [0.15, 0.2) is 22.7 Å². The molecule has 2 rings (SSSR count). The Morgan fingerprint density at radius 2 is 2.24 bits per heavy atom. The molecule has 1 aromatic rings. The van der Waals surface area contributed by atoms with Crippen molar-refractivity contribution in [1.82, 2.24) is 0 Å². The molecular weight excluding hydrogens is 282 g/mol. The van der Waals surface area contributed by atoms with Gasteiger partial charge in [0.1, 0.15) is 0 Å². The molecule has 0 heterocycles. The Balaban J connectivity index is 2.25. The number of benzene rings is 1. The number of ketones is 1. The second kappa shape index (κ2) is 5.19. The highest BCUT2D eigenvalue weighted by Crippen LogP contribution is 2.33. The fourth-order valence-electron chi connectivity index (χ4n) is 1.98. The Morgan fingerprint density at radius 1 is 1.53 bits per heavy atom. The van der Waals surface area contributed by atoms with Crippen LogP contribution in [-0.4, -0.2) is 30.1 Å². The number of Topliss-reactive ketones (excluding diaryl/α,β-unsaturated/α-hetero) is 1. The standard InChI is InChI=1S/C13H16BrNO2/c1-9(17)12-5-4-11(8-13(12)14)15(6-7-16)10-2-3-10/h4-5,8,10,16H,2-3,6-7H2,1H3. The van der Waals surface area contributed by atoms with Gasteiger partial charge in [-0.05, 0) is 53.9 Å². The number of hydrogen-bond acceptors (Lipinski definition) is 3. The lowest BCUT2D eigenvalue weighted by molar-refractivity contribution is 0.101. The first-order valence-electron chi connectivity index (χ1n) is 5.81. The molecule has 0 aliphatic heterocycles. The maximum atomic E-state index is 11.3. The van der Waals surface area contributed by atoms with Gasteiger partial charge in [-0.3, -0.25) is 4.79 Å². The summed E-state index contributed by atoms with van der Waals surface area (Å²) in [7, 11) is 0. The van der Waals surface area contributed by atoms with Crippen LogP contribution in [0.1, 0.15) is 30.1 Å². The number of halogens is 1. The Morgan fingerprint density at radius 3 is 2.71 bits per heavy atom. The van der Waals surface area contributed by atoms with Gasteiger partial charge in [-0.25, -0.2) is 0 Å². The molecular formula is C13H16BrNO2. The highest BCUT2D eigenvalue weighted by molar-refractivity contribution is 9.10. The Hall–Kier alpha value is -0.870. The van der Waals surface area contributed by atoms with Gasteiger partial charge in [0.05, 0.1) is 6.61 Å². The zero-order valence-corrected chi connectivity index (χ0v) is 11.4. The monoisotopic (exact) mass is 297 g/mol. The van der Waals surface area contributed by atoms with Crippen molar-refractivity contribution in [2.75, 3.05) is 18.1 Å². The lowest BCUT2D eigenvalue weighted by Crippen LogP contribution is -2.28. The number of hydrogen-bond donors (Lipinski definition) is 1. The molecule has 1 aromatic carbocycles. The van der Waals surface area contributed by atoms with E-state index < -0.39 is 0 Å². The maximum absolute atomic E-state index is 11.3. The van der Waals surface area contributed by atoms with Gasteiger partial charge in [0.15, 0.2) is 5.78 Å². The van der Waals surface area contributed by atoms with Gasteiger partial charge in [0.2, 0.25) is 0 Å². The number of nitrogens with zero attached hydrogens (tertiary/aromatic N) is 1. The summed E-state index contributed by atoms with van der Waals surface area (Å²) in [6.07, 6.45) is 2.37. The summed E-state index contributed by atoms with van der Waals surface area (Å²) >= 11 is 3.43. The van der Waals surface area contributed by atoms with E-state index in [0.717, 1.165) is 10.2 Å². The van der Waals surface area contributed by atoms with Gasteiger partial charge < -0.3 is 10.0 Å². The summed E-state index contributed by atoms with van der Waals surface area (Å²) in [6.45, 7) is 2.37. The lowest BCUT2D eigenvalue weighted by Gasteiger charge is -2.24. The smallest absolute Gasteiger partial charge is 0.160 e. The van der Waals surface area contributed by atoms with E-state index in [1.165, 1.54) is 12.8 Å². The van der Waals surface area contributed by atoms with Gasteiger partial charge in [-0.15, -0.1) is 0 Å². The van der Waals surface area contributed by atoms with Crippen molar-refractivity contribution in [1.29, 1.82) is 0 Å². The van der Waals surface area contributed by atoms with Crippen LogP contribution in [0.5, 0.6) is 0 Å². The number of aliphatic hydroxyl groups is 1. The van der Waals surface area contributed by atoms with E-state index in [0.29, 0.717) is 18.2 Å². The van der Waals surface area contributed by atoms with E-state index in [1.54, 1.807) is 6.92 Å². The van der Waals surface area contributed by atoms with Crippen LogP contribution < -0.4 is 4.90 Å². The van der Waals surface area contributed by atoms with E-state index >= 15 is 0 Å². The summed E-state index contributed by atoms with van der Waals surface area (Å²) in [5.74, 6) is 0.0588. The largest absolute Gasteiger partial charge is 0.395 e. The molecule has 1 aliphatic carbocycles. The highest BCUT2D eigenvalue weighted by atomic mass is 79.9. The van der Waals surface area contributed by atoms with Crippen molar-refractivity contribution in [3.8, 4) is 0 Å². The van der Waals surface area contributed by atoms with Gasteiger partial charge in [-0.1, -0.05) is 0 Å². The molecule has 0 bridgehead atoms. The number of rotatable bonds is 5. The predicted octanol–water partition coefficient (Wildman–Crippen LogP) is 2.61. The lowest BCUT2D eigenvalue weighted by atomic mass is 10.1. The zero-order valence-electron chi connectivity index (χ0n) is 9.82. The number of anilines is 1. The first-order valence-corrected chi connectivity index (χ1v) is 6.60. The number of carbonyl (C=O) groups is 1. The molecule has 17 heavy (non-hydrogen) atoms. The molecule has 1 saturated carbocycles. The predicted molar refractivity (Wildman–Crippen MR) is 71.6 cm³/mol. The van der Waals surface area contributed by atoms with Crippen LogP contribution in [0.4, 0.5) is 5.69 Å². The highest BCUT2D eigenvalue weighted by Gasteiger charge is 2.29. The van der Waals surface area contributed by atoms with Crippen LogP contribution in [0.25, 0.3) is 0 Å². The van der Waals surface area contributed by atoms with Crippen LogP contribution in [0, 0.1) is 0 Å². The quantitative estimate of drug-likeness (QED) is 0.850. The molecule has 4 heteroatoms. The molecule has 3 nitrogen and oxygen atoms in total. The molecule has 92 valence electrons. The summed E-state index contributed by atoms with van der Waals surface area (Å²) in [5.41, 5.74) is 1.77. The minimum absolute atomic E-state index is 0.0588. The Bertz CT molecular complexity index is 429. The van der Waals surface area contributed by atoms with Crippen molar-refractivity contribution in [3.63, 3.8) is 0 Å². The first-order chi connectivity index (χ1) is 8.13. The molecule has 0 saturated heterocycles. The third kappa shape index (κ3) is 2.87. The van der Waals surface area contributed by atoms with E-state index in [2.05, 4.69) is 20.8 Å². The third-order valence-electron chi connectivity index (χ3n) is 2.99. The molecule has 1 aliphatic rings. The molecule has 1 fully saturated rings. The Kier molecular flexibility index (Phi) is 3.84. The zero-order chi connectivity index (χ0) is 12.4. The van der Waals surface area contributed by atoms with Crippen molar-refractivity contribution in [2.45, 2.75) is 25.8 Å². The molecule has 0 unspecified atom stereocenters. The van der Waals surface area contributed by atoms with Crippen molar-refractivity contribution < 1.29 is 9.90 Å². The Labute approximate surface area is 110 Å². The first kappa shape index (κ1) is 12.6. The fraction of sp³-hybridized carbons (Fsp3) is 0.462. The van der Waals surface area contributed by atoms with Crippen LogP contribution in [-0.2, 0) is 0 Å². The van der Waals surface area contributed by atoms with Gasteiger partial charge in [-0.2, -0.15) is 0 Å². The van der Waals surface area contributed by atoms with Crippen LogP contribution in [0.2, 0.25) is 0 Å².